The van der Waals surface area contributed by atoms with E-state index in [1.807, 2.05) is 24.3 Å². The number of fused-ring (bicyclic) bond motifs is 3. The highest BCUT2D eigenvalue weighted by atomic mass is 35.5. The van der Waals surface area contributed by atoms with E-state index in [1.165, 1.54) is 0 Å². The first-order valence-corrected chi connectivity index (χ1v) is 7.50. The summed E-state index contributed by atoms with van der Waals surface area (Å²) < 4.78 is 5.72. The van der Waals surface area contributed by atoms with E-state index >= 15 is 0 Å². The molecule has 0 bridgehead atoms. The third-order valence-corrected chi connectivity index (χ3v) is 4.38. The molecule has 108 valence electrons. The Morgan fingerprint density at radius 2 is 1.90 bits per heavy atom. The molecule has 0 saturated carbocycles. The summed E-state index contributed by atoms with van der Waals surface area (Å²) >= 11 is 6.12. The summed E-state index contributed by atoms with van der Waals surface area (Å²) in [6.45, 7) is 4.03. The third kappa shape index (κ3) is 2.15. The van der Waals surface area contributed by atoms with Gasteiger partial charge in [-0.3, -0.25) is 0 Å². The van der Waals surface area contributed by atoms with Gasteiger partial charge in [-0.25, -0.2) is 4.98 Å². The summed E-state index contributed by atoms with van der Waals surface area (Å²) in [5.41, 5.74) is 1.82. The van der Waals surface area contributed by atoms with E-state index in [0.29, 0.717) is 0 Å². The maximum absolute atomic E-state index is 6.12. The van der Waals surface area contributed by atoms with E-state index in [9.17, 15) is 0 Å². The SMILES string of the molecule is CN1CCN(c2nc3ccc(Cl)cc3c3ccoc23)CC1. The number of hydrogen-bond donors (Lipinski definition) is 0. The lowest BCUT2D eigenvalue weighted by molar-refractivity contribution is 0.312. The molecule has 4 rings (SSSR count). The molecule has 3 heterocycles. The number of likely N-dealkylation sites (N-methyl/N-ethyl adjacent to an activating group) is 1. The van der Waals surface area contributed by atoms with Crippen molar-refractivity contribution in [3.8, 4) is 0 Å². The lowest BCUT2D eigenvalue weighted by atomic mass is 10.1. The Kier molecular flexibility index (Phi) is 3.01. The van der Waals surface area contributed by atoms with Crippen LogP contribution in [0, 0.1) is 0 Å². The van der Waals surface area contributed by atoms with Crippen LogP contribution in [0.5, 0.6) is 0 Å². The van der Waals surface area contributed by atoms with Crippen molar-refractivity contribution < 1.29 is 4.42 Å². The fourth-order valence-corrected chi connectivity index (χ4v) is 3.09. The van der Waals surface area contributed by atoms with Crippen molar-refractivity contribution in [1.29, 1.82) is 0 Å². The molecule has 1 aromatic carbocycles. The van der Waals surface area contributed by atoms with Gasteiger partial charge in [0.25, 0.3) is 0 Å². The second-order valence-electron chi connectivity index (χ2n) is 5.55. The second-order valence-corrected chi connectivity index (χ2v) is 5.99. The molecule has 21 heavy (non-hydrogen) atoms. The lowest BCUT2D eigenvalue weighted by Crippen LogP contribution is -2.44. The van der Waals surface area contributed by atoms with Gasteiger partial charge in [0.1, 0.15) is 0 Å². The molecule has 1 aliphatic heterocycles. The van der Waals surface area contributed by atoms with Crippen molar-refractivity contribution in [1.82, 2.24) is 9.88 Å². The number of furan rings is 1. The van der Waals surface area contributed by atoms with Gasteiger partial charge in [0, 0.05) is 42.0 Å². The average Bonchev–Trinajstić information content (AvgIpc) is 2.97. The zero-order valence-electron chi connectivity index (χ0n) is 11.8. The Hall–Kier alpha value is -1.78. The molecule has 3 aromatic rings. The van der Waals surface area contributed by atoms with Crippen LogP contribution in [0.4, 0.5) is 5.82 Å². The fraction of sp³-hybridized carbons (Fsp3) is 0.312. The number of benzene rings is 1. The van der Waals surface area contributed by atoms with Crippen molar-refractivity contribution in [2.24, 2.45) is 0 Å². The zero-order chi connectivity index (χ0) is 14.4. The van der Waals surface area contributed by atoms with E-state index in [2.05, 4.69) is 16.8 Å². The number of pyridine rings is 1. The number of rotatable bonds is 1. The molecular formula is C16H16ClN3O. The quantitative estimate of drug-likeness (QED) is 0.690. The van der Waals surface area contributed by atoms with Gasteiger partial charge < -0.3 is 14.2 Å². The summed E-state index contributed by atoms with van der Waals surface area (Å²) in [5.74, 6) is 0.943. The van der Waals surface area contributed by atoms with Crippen molar-refractivity contribution >= 4 is 39.3 Å². The molecule has 0 radical (unpaired) electrons. The summed E-state index contributed by atoms with van der Waals surface area (Å²) in [5, 5.41) is 2.85. The molecular weight excluding hydrogens is 286 g/mol. The van der Waals surface area contributed by atoms with Crippen LogP contribution >= 0.6 is 11.6 Å². The summed E-state index contributed by atoms with van der Waals surface area (Å²) in [6.07, 6.45) is 1.73. The molecule has 0 atom stereocenters. The van der Waals surface area contributed by atoms with E-state index < -0.39 is 0 Å². The van der Waals surface area contributed by atoms with Crippen molar-refractivity contribution in [3.05, 3.63) is 35.6 Å². The number of halogens is 1. The number of hydrogen-bond acceptors (Lipinski definition) is 4. The van der Waals surface area contributed by atoms with E-state index in [0.717, 1.165) is 58.9 Å². The molecule has 4 nitrogen and oxygen atoms in total. The van der Waals surface area contributed by atoms with Gasteiger partial charge in [-0.1, -0.05) is 11.6 Å². The standard InChI is InChI=1S/C16H16ClN3O/c1-19-5-7-20(8-6-19)16-15-12(4-9-21-15)13-10-11(17)2-3-14(13)18-16/h2-4,9-10H,5-8H2,1H3. The Balaban J connectivity index is 1.91. The maximum atomic E-state index is 6.12. The highest BCUT2D eigenvalue weighted by Crippen LogP contribution is 2.33. The van der Waals surface area contributed by atoms with Crippen molar-refractivity contribution in [2.45, 2.75) is 0 Å². The molecule has 0 unspecified atom stereocenters. The van der Waals surface area contributed by atoms with E-state index in [-0.39, 0.29) is 0 Å². The van der Waals surface area contributed by atoms with Crippen LogP contribution in [0.25, 0.3) is 21.9 Å². The Bertz CT molecular complexity index is 806. The molecule has 0 aliphatic carbocycles. The van der Waals surface area contributed by atoms with Gasteiger partial charge in [0.05, 0.1) is 11.8 Å². The monoisotopic (exact) mass is 301 g/mol. The minimum atomic E-state index is 0.721. The van der Waals surface area contributed by atoms with Gasteiger partial charge in [0.2, 0.25) is 0 Å². The van der Waals surface area contributed by atoms with Gasteiger partial charge in [-0.15, -0.1) is 0 Å². The van der Waals surface area contributed by atoms with Crippen LogP contribution in [0.2, 0.25) is 5.02 Å². The molecule has 0 amide bonds. The van der Waals surface area contributed by atoms with Crippen LogP contribution in [-0.2, 0) is 0 Å². The number of aromatic nitrogens is 1. The normalized spacial score (nSPS) is 17.0. The van der Waals surface area contributed by atoms with Crippen LogP contribution < -0.4 is 4.90 Å². The molecule has 0 N–H and O–H groups in total. The summed E-state index contributed by atoms with van der Waals surface area (Å²) in [6, 6.07) is 7.81. The fourth-order valence-electron chi connectivity index (χ4n) is 2.91. The Morgan fingerprint density at radius 3 is 2.71 bits per heavy atom. The van der Waals surface area contributed by atoms with Crippen molar-refractivity contribution in [3.63, 3.8) is 0 Å². The van der Waals surface area contributed by atoms with Gasteiger partial charge >= 0.3 is 0 Å². The van der Waals surface area contributed by atoms with E-state index in [1.54, 1.807) is 6.26 Å². The molecule has 2 aromatic heterocycles. The maximum Gasteiger partial charge on any atom is 0.176 e. The third-order valence-electron chi connectivity index (χ3n) is 4.15. The van der Waals surface area contributed by atoms with Gasteiger partial charge in [0.15, 0.2) is 11.4 Å². The van der Waals surface area contributed by atoms with Crippen LogP contribution in [0.15, 0.2) is 34.9 Å². The lowest BCUT2D eigenvalue weighted by Gasteiger charge is -2.33. The predicted molar refractivity (Wildman–Crippen MR) is 86.2 cm³/mol. The average molecular weight is 302 g/mol. The van der Waals surface area contributed by atoms with Crippen molar-refractivity contribution in [2.75, 3.05) is 38.1 Å². The van der Waals surface area contributed by atoms with E-state index in [4.69, 9.17) is 21.0 Å². The Labute approximate surface area is 127 Å². The van der Waals surface area contributed by atoms with Gasteiger partial charge in [-0.05, 0) is 31.3 Å². The van der Waals surface area contributed by atoms with Crippen LogP contribution in [0.3, 0.4) is 0 Å². The topological polar surface area (TPSA) is 32.5 Å². The highest BCUT2D eigenvalue weighted by molar-refractivity contribution is 6.31. The van der Waals surface area contributed by atoms with Crippen LogP contribution in [-0.4, -0.2) is 43.1 Å². The number of piperazine rings is 1. The first kappa shape index (κ1) is 12.9. The summed E-state index contributed by atoms with van der Waals surface area (Å²) in [4.78, 5) is 9.46. The second kappa shape index (κ2) is 4.90. The summed E-state index contributed by atoms with van der Waals surface area (Å²) in [7, 11) is 2.15. The minimum absolute atomic E-state index is 0.721. The zero-order valence-corrected chi connectivity index (χ0v) is 12.6. The molecule has 0 spiro atoms. The molecule has 5 heteroatoms. The first-order valence-electron chi connectivity index (χ1n) is 7.12. The van der Waals surface area contributed by atoms with Gasteiger partial charge in [-0.2, -0.15) is 0 Å². The highest BCUT2D eigenvalue weighted by Gasteiger charge is 2.20. The largest absolute Gasteiger partial charge is 0.460 e. The smallest absolute Gasteiger partial charge is 0.176 e. The molecule has 1 fully saturated rings. The predicted octanol–water partition coefficient (Wildman–Crippen LogP) is 3.39. The number of anilines is 1. The molecule has 1 aliphatic rings. The molecule has 1 saturated heterocycles. The van der Waals surface area contributed by atoms with Crippen LogP contribution in [0.1, 0.15) is 0 Å². The minimum Gasteiger partial charge on any atom is -0.460 e. The Morgan fingerprint density at radius 1 is 1.10 bits per heavy atom. The first-order chi connectivity index (χ1) is 10.2. The number of nitrogens with zero attached hydrogens (tertiary/aromatic N) is 3.